The molecule has 1 spiro atoms. The third-order valence-corrected chi connectivity index (χ3v) is 6.84. The number of nitrogens with one attached hydrogen (secondary N) is 1. The first kappa shape index (κ1) is 18.9. The largest absolute Gasteiger partial charge is 0.453 e. The summed E-state index contributed by atoms with van der Waals surface area (Å²) < 4.78 is 7.47. The van der Waals surface area contributed by atoms with Gasteiger partial charge in [-0.2, -0.15) is 5.10 Å². The molecule has 6 rings (SSSR count). The van der Waals surface area contributed by atoms with E-state index in [-0.39, 0.29) is 11.9 Å². The van der Waals surface area contributed by atoms with Crippen LogP contribution in [0.4, 0.5) is 5.69 Å². The molecule has 1 amide bonds. The fourth-order valence-corrected chi connectivity index (χ4v) is 5.15. The summed E-state index contributed by atoms with van der Waals surface area (Å²) in [5.41, 5.74) is 4.13. The number of ether oxygens (including phenoxy) is 1. The van der Waals surface area contributed by atoms with Gasteiger partial charge in [0.05, 0.1) is 23.0 Å². The standard InChI is InChI=1S/C24H17BrClN3O2/c1-13-2-8-19-18(10-13)24(23(30)27-19)29-21(17-11-15(25)5-9-22(17)31-24)12-20(28-29)14-3-6-16(26)7-4-14/h2-11,21H,12H2,1H3,(H,27,30)/t21-,24+/m1/s1. The molecule has 0 saturated heterocycles. The van der Waals surface area contributed by atoms with Crippen LogP contribution in [-0.2, 0) is 10.5 Å². The van der Waals surface area contributed by atoms with Crippen molar-refractivity contribution in [1.29, 1.82) is 0 Å². The monoisotopic (exact) mass is 493 g/mol. The molecule has 0 radical (unpaired) electrons. The van der Waals surface area contributed by atoms with E-state index in [1.165, 1.54) is 0 Å². The van der Waals surface area contributed by atoms with E-state index in [0.717, 1.165) is 38.1 Å². The summed E-state index contributed by atoms with van der Waals surface area (Å²) in [4.78, 5) is 13.5. The minimum absolute atomic E-state index is 0.135. The van der Waals surface area contributed by atoms with Crippen LogP contribution < -0.4 is 10.1 Å². The molecule has 31 heavy (non-hydrogen) atoms. The van der Waals surface area contributed by atoms with E-state index < -0.39 is 5.72 Å². The fourth-order valence-electron chi connectivity index (χ4n) is 4.64. The van der Waals surface area contributed by atoms with Gasteiger partial charge in [0.25, 0.3) is 5.91 Å². The lowest BCUT2D eigenvalue weighted by Crippen LogP contribution is -2.55. The zero-order valence-corrected chi connectivity index (χ0v) is 18.9. The molecule has 2 atom stereocenters. The minimum atomic E-state index is -1.35. The Morgan fingerprint density at radius 3 is 2.77 bits per heavy atom. The van der Waals surface area contributed by atoms with Crippen molar-refractivity contribution in [3.05, 3.63) is 92.4 Å². The second kappa shape index (κ2) is 6.58. The van der Waals surface area contributed by atoms with Crippen LogP contribution in [0, 0.1) is 6.92 Å². The molecule has 0 aromatic heterocycles. The number of aryl methyl sites for hydroxylation is 1. The summed E-state index contributed by atoms with van der Waals surface area (Å²) in [7, 11) is 0. The molecule has 3 aromatic carbocycles. The molecule has 0 aliphatic carbocycles. The van der Waals surface area contributed by atoms with Crippen LogP contribution in [0.3, 0.4) is 0 Å². The summed E-state index contributed by atoms with van der Waals surface area (Å²) in [6, 6.07) is 19.3. The second-order valence-corrected chi connectivity index (χ2v) is 9.40. The van der Waals surface area contributed by atoms with E-state index >= 15 is 0 Å². The van der Waals surface area contributed by atoms with Crippen LogP contribution in [0.2, 0.25) is 5.02 Å². The quantitative estimate of drug-likeness (QED) is 0.468. The number of nitrogens with zero attached hydrogens (tertiary/aromatic N) is 2. The maximum Gasteiger partial charge on any atom is 0.306 e. The normalized spacial score (nSPS) is 23.1. The second-order valence-electron chi connectivity index (χ2n) is 8.05. The molecule has 0 bridgehead atoms. The molecule has 3 aliphatic heterocycles. The number of hydrazone groups is 1. The first-order valence-electron chi connectivity index (χ1n) is 9.99. The van der Waals surface area contributed by atoms with Crippen molar-refractivity contribution >= 4 is 44.8 Å². The van der Waals surface area contributed by atoms with E-state index in [1.54, 1.807) is 0 Å². The average Bonchev–Trinajstić information content (AvgIpc) is 3.31. The van der Waals surface area contributed by atoms with Crippen molar-refractivity contribution in [3.8, 4) is 5.75 Å². The smallest absolute Gasteiger partial charge is 0.306 e. The van der Waals surface area contributed by atoms with Crippen molar-refractivity contribution in [3.63, 3.8) is 0 Å². The third-order valence-electron chi connectivity index (χ3n) is 6.10. The lowest BCUT2D eigenvalue weighted by Gasteiger charge is -2.44. The first-order valence-corrected chi connectivity index (χ1v) is 11.2. The highest BCUT2D eigenvalue weighted by molar-refractivity contribution is 9.10. The van der Waals surface area contributed by atoms with Crippen LogP contribution in [0.25, 0.3) is 0 Å². The van der Waals surface area contributed by atoms with E-state index in [4.69, 9.17) is 21.4 Å². The van der Waals surface area contributed by atoms with Gasteiger partial charge in [0.2, 0.25) is 0 Å². The summed E-state index contributed by atoms with van der Waals surface area (Å²) in [5.74, 6) is 0.467. The minimum Gasteiger partial charge on any atom is -0.453 e. The summed E-state index contributed by atoms with van der Waals surface area (Å²) in [6.45, 7) is 2.01. The van der Waals surface area contributed by atoms with Crippen LogP contribution in [0.5, 0.6) is 5.75 Å². The van der Waals surface area contributed by atoms with Gasteiger partial charge in [-0.05, 0) is 55.0 Å². The number of anilines is 1. The molecule has 5 nitrogen and oxygen atoms in total. The number of fused-ring (bicyclic) bond motifs is 6. The number of hydrogen-bond donors (Lipinski definition) is 1. The highest BCUT2D eigenvalue weighted by atomic mass is 79.9. The molecule has 0 saturated carbocycles. The van der Waals surface area contributed by atoms with E-state index in [2.05, 4.69) is 21.2 Å². The third kappa shape index (κ3) is 2.68. The van der Waals surface area contributed by atoms with E-state index in [0.29, 0.717) is 17.2 Å². The Bertz CT molecular complexity index is 1290. The van der Waals surface area contributed by atoms with E-state index in [9.17, 15) is 4.79 Å². The molecule has 154 valence electrons. The number of carbonyl (C=O) groups excluding carboxylic acids is 1. The number of benzene rings is 3. The predicted octanol–water partition coefficient (Wildman–Crippen LogP) is 5.76. The molecule has 0 unspecified atom stereocenters. The van der Waals surface area contributed by atoms with E-state index in [1.807, 2.05) is 72.6 Å². The van der Waals surface area contributed by atoms with Crippen molar-refractivity contribution in [2.24, 2.45) is 5.10 Å². The van der Waals surface area contributed by atoms with Crippen LogP contribution in [0.15, 0.2) is 70.2 Å². The Balaban J connectivity index is 1.58. The van der Waals surface area contributed by atoms with Crippen molar-refractivity contribution in [2.75, 3.05) is 5.32 Å². The SMILES string of the molecule is Cc1ccc2c(c1)[C@]1(Oc3ccc(Br)cc3[C@H]3CC(c4ccc(Cl)cc4)=NN31)C(=O)N2. The molecule has 3 aromatic rings. The van der Waals surface area contributed by atoms with Gasteiger partial charge >= 0.3 is 5.72 Å². The van der Waals surface area contributed by atoms with Crippen molar-refractivity contribution in [2.45, 2.75) is 25.1 Å². The van der Waals surface area contributed by atoms with Gasteiger partial charge in [0.1, 0.15) is 5.75 Å². The molecule has 0 fully saturated rings. The summed E-state index contributed by atoms with van der Waals surface area (Å²) in [6.07, 6.45) is 0.657. The Kier molecular flexibility index (Phi) is 4.01. The number of carbonyl (C=O) groups is 1. The maximum atomic E-state index is 13.5. The molecule has 3 aliphatic rings. The average molecular weight is 495 g/mol. The van der Waals surface area contributed by atoms with Crippen molar-refractivity contribution < 1.29 is 9.53 Å². The molecular weight excluding hydrogens is 478 g/mol. The Morgan fingerprint density at radius 2 is 1.97 bits per heavy atom. The highest BCUT2D eigenvalue weighted by Gasteiger charge is 2.60. The highest BCUT2D eigenvalue weighted by Crippen LogP contribution is 2.54. The predicted molar refractivity (Wildman–Crippen MR) is 123 cm³/mol. The Labute approximate surface area is 192 Å². The van der Waals surface area contributed by atoms with Crippen LogP contribution >= 0.6 is 27.5 Å². The molecule has 1 N–H and O–H groups in total. The van der Waals surface area contributed by atoms with Gasteiger partial charge in [-0.15, -0.1) is 0 Å². The zero-order chi connectivity index (χ0) is 21.3. The Morgan fingerprint density at radius 1 is 1.16 bits per heavy atom. The summed E-state index contributed by atoms with van der Waals surface area (Å²) in [5, 5.41) is 10.5. The van der Waals surface area contributed by atoms with Gasteiger partial charge in [-0.1, -0.05) is 51.3 Å². The Hall–Kier alpha value is -2.83. The van der Waals surface area contributed by atoms with Gasteiger partial charge < -0.3 is 10.1 Å². The van der Waals surface area contributed by atoms with Gasteiger partial charge in [-0.3, -0.25) is 4.79 Å². The topological polar surface area (TPSA) is 53.9 Å². The lowest BCUT2D eigenvalue weighted by atomic mass is 9.92. The number of rotatable bonds is 1. The molecule has 3 heterocycles. The number of amides is 1. The molecular formula is C24H17BrClN3O2. The van der Waals surface area contributed by atoms with Crippen LogP contribution in [-0.4, -0.2) is 16.6 Å². The van der Waals surface area contributed by atoms with Crippen LogP contribution in [0.1, 0.15) is 34.7 Å². The zero-order valence-electron chi connectivity index (χ0n) is 16.5. The lowest BCUT2D eigenvalue weighted by molar-refractivity contribution is -0.161. The number of hydrogen-bond acceptors (Lipinski definition) is 4. The van der Waals surface area contributed by atoms with Gasteiger partial charge in [-0.25, -0.2) is 5.01 Å². The first-order chi connectivity index (χ1) is 15.0. The fraction of sp³-hybridized carbons (Fsp3) is 0.167. The maximum absolute atomic E-state index is 13.5. The number of halogens is 2. The summed E-state index contributed by atoms with van der Waals surface area (Å²) >= 11 is 9.66. The van der Waals surface area contributed by atoms with Gasteiger partial charge in [0.15, 0.2) is 0 Å². The van der Waals surface area contributed by atoms with Gasteiger partial charge in [0, 0.05) is 21.5 Å². The molecule has 7 heteroatoms. The van der Waals surface area contributed by atoms with Crippen molar-refractivity contribution in [1.82, 2.24) is 5.01 Å².